The number of nitrogens with zero attached hydrogens (tertiary/aromatic N) is 1. The SMILES string of the molecule is Cc1ccc(/C=C2\SC(=S)N(CC(=O)NCCCO)C2=O)o1. The van der Waals surface area contributed by atoms with Crippen molar-refractivity contribution in [3.8, 4) is 0 Å². The van der Waals surface area contributed by atoms with E-state index >= 15 is 0 Å². The summed E-state index contributed by atoms with van der Waals surface area (Å²) in [5.74, 6) is 0.719. The lowest BCUT2D eigenvalue weighted by atomic mass is 10.3. The molecular formula is C14H16N2O4S2. The Balaban J connectivity index is 1.99. The Kier molecular flexibility index (Phi) is 5.76. The van der Waals surface area contributed by atoms with E-state index in [1.165, 1.54) is 4.90 Å². The van der Waals surface area contributed by atoms with E-state index in [9.17, 15) is 9.59 Å². The van der Waals surface area contributed by atoms with Crippen molar-refractivity contribution in [3.05, 3.63) is 28.6 Å². The Morgan fingerprint density at radius 2 is 2.32 bits per heavy atom. The lowest BCUT2D eigenvalue weighted by molar-refractivity contribution is -0.128. The van der Waals surface area contributed by atoms with Crippen LogP contribution in [-0.2, 0) is 9.59 Å². The maximum absolute atomic E-state index is 12.3. The molecule has 0 bridgehead atoms. The van der Waals surface area contributed by atoms with Crippen molar-refractivity contribution in [2.75, 3.05) is 19.7 Å². The molecule has 0 spiro atoms. The molecule has 0 saturated carbocycles. The van der Waals surface area contributed by atoms with Crippen LogP contribution < -0.4 is 5.32 Å². The fourth-order valence-electron chi connectivity index (χ4n) is 1.80. The average molecular weight is 340 g/mol. The van der Waals surface area contributed by atoms with Gasteiger partial charge in [0.2, 0.25) is 5.91 Å². The number of hydrogen-bond donors (Lipinski definition) is 2. The van der Waals surface area contributed by atoms with Crippen LogP contribution in [0.15, 0.2) is 21.5 Å². The van der Waals surface area contributed by atoms with Crippen LogP contribution in [0, 0.1) is 6.92 Å². The first kappa shape index (κ1) is 16.7. The average Bonchev–Trinajstić information content (AvgIpc) is 2.98. The number of furan rings is 1. The number of carbonyl (C=O) groups excluding carboxylic acids is 2. The fourth-order valence-corrected chi connectivity index (χ4v) is 3.04. The van der Waals surface area contributed by atoms with Crippen molar-refractivity contribution in [3.63, 3.8) is 0 Å². The van der Waals surface area contributed by atoms with Gasteiger partial charge >= 0.3 is 0 Å². The standard InChI is InChI=1S/C14H16N2O4S2/c1-9-3-4-10(20-9)7-11-13(19)16(14(21)22-11)8-12(18)15-5-2-6-17/h3-4,7,17H,2,5-6,8H2,1H3,(H,15,18)/b11-7-. The molecule has 22 heavy (non-hydrogen) atoms. The number of nitrogens with one attached hydrogen (secondary N) is 1. The first-order chi connectivity index (χ1) is 10.5. The third-order valence-corrected chi connectivity index (χ3v) is 4.24. The summed E-state index contributed by atoms with van der Waals surface area (Å²) in [6.07, 6.45) is 2.10. The summed E-state index contributed by atoms with van der Waals surface area (Å²) in [7, 11) is 0. The number of amides is 2. The monoisotopic (exact) mass is 340 g/mol. The van der Waals surface area contributed by atoms with Gasteiger partial charge in [-0.25, -0.2) is 0 Å². The Hall–Kier alpha value is -1.64. The third-order valence-electron chi connectivity index (χ3n) is 2.87. The molecule has 1 fully saturated rings. The number of thiocarbonyl (C=S) groups is 1. The van der Waals surface area contributed by atoms with E-state index in [0.29, 0.717) is 28.0 Å². The van der Waals surface area contributed by atoms with Crippen LogP contribution >= 0.6 is 24.0 Å². The molecule has 118 valence electrons. The summed E-state index contributed by atoms with van der Waals surface area (Å²) in [6.45, 7) is 2.07. The summed E-state index contributed by atoms with van der Waals surface area (Å²) >= 11 is 6.29. The van der Waals surface area contributed by atoms with E-state index in [0.717, 1.165) is 17.5 Å². The highest BCUT2D eigenvalue weighted by Crippen LogP contribution is 2.32. The van der Waals surface area contributed by atoms with Crippen molar-refractivity contribution >= 4 is 46.2 Å². The van der Waals surface area contributed by atoms with Crippen molar-refractivity contribution in [2.24, 2.45) is 0 Å². The van der Waals surface area contributed by atoms with E-state index in [2.05, 4.69) is 5.32 Å². The van der Waals surface area contributed by atoms with Gasteiger partial charge in [-0.2, -0.15) is 0 Å². The minimum Gasteiger partial charge on any atom is -0.462 e. The van der Waals surface area contributed by atoms with Crippen LogP contribution in [0.4, 0.5) is 0 Å². The van der Waals surface area contributed by atoms with Gasteiger partial charge in [-0.1, -0.05) is 24.0 Å². The highest BCUT2D eigenvalue weighted by atomic mass is 32.2. The van der Waals surface area contributed by atoms with Gasteiger partial charge in [0.1, 0.15) is 22.4 Å². The summed E-state index contributed by atoms with van der Waals surface area (Å²) in [4.78, 5) is 25.7. The maximum Gasteiger partial charge on any atom is 0.266 e. The molecule has 6 nitrogen and oxygen atoms in total. The third kappa shape index (κ3) is 4.19. The Bertz CT molecular complexity index is 624. The molecule has 1 aliphatic rings. The molecule has 0 aromatic carbocycles. The largest absolute Gasteiger partial charge is 0.462 e. The van der Waals surface area contributed by atoms with Crippen LogP contribution in [0.3, 0.4) is 0 Å². The van der Waals surface area contributed by atoms with Gasteiger partial charge in [0.15, 0.2) is 0 Å². The Morgan fingerprint density at radius 1 is 1.55 bits per heavy atom. The fraction of sp³-hybridized carbons (Fsp3) is 0.357. The Labute approximate surface area is 137 Å². The van der Waals surface area contributed by atoms with Crippen LogP contribution in [0.1, 0.15) is 17.9 Å². The first-order valence-electron chi connectivity index (χ1n) is 6.70. The molecule has 1 saturated heterocycles. The smallest absolute Gasteiger partial charge is 0.266 e. The van der Waals surface area contributed by atoms with Crippen molar-refractivity contribution in [2.45, 2.75) is 13.3 Å². The molecule has 2 rings (SSSR count). The van der Waals surface area contributed by atoms with Crippen LogP contribution in [-0.4, -0.2) is 45.8 Å². The van der Waals surface area contributed by atoms with Crippen molar-refractivity contribution in [1.82, 2.24) is 10.2 Å². The van der Waals surface area contributed by atoms with E-state index < -0.39 is 0 Å². The van der Waals surface area contributed by atoms with Gasteiger partial charge in [-0.3, -0.25) is 14.5 Å². The van der Waals surface area contributed by atoms with Gasteiger partial charge in [-0.15, -0.1) is 0 Å². The molecule has 8 heteroatoms. The number of aryl methyl sites for hydroxylation is 1. The molecule has 1 aliphatic heterocycles. The molecule has 2 heterocycles. The quantitative estimate of drug-likeness (QED) is 0.461. The van der Waals surface area contributed by atoms with Gasteiger partial charge in [0.25, 0.3) is 5.91 Å². The lowest BCUT2D eigenvalue weighted by Crippen LogP contribution is -2.39. The number of carbonyl (C=O) groups is 2. The normalized spacial score (nSPS) is 16.6. The van der Waals surface area contributed by atoms with E-state index in [-0.39, 0.29) is 25.0 Å². The molecule has 1 aromatic heterocycles. The van der Waals surface area contributed by atoms with E-state index in [1.54, 1.807) is 18.2 Å². The van der Waals surface area contributed by atoms with Gasteiger partial charge in [-0.05, 0) is 25.5 Å². The van der Waals surface area contributed by atoms with Gasteiger partial charge < -0.3 is 14.8 Å². The van der Waals surface area contributed by atoms with Crippen molar-refractivity contribution < 1.29 is 19.1 Å². The van der Waals surface area contributed by atoms with Gasteiger partial charge in [0.05, 0.1) is 4.91 Å². The number of aliphatic hydroxyl groups is 1. The minimum absolute atomic E-state index is 0.00659. The second-order valence-electron chi connectivity index (χ2n) is 4.64. The molecule has 2 amide bonds. The molecular weight excluding hydrogens is 324 g/mol. The second kappa shape index (κ2) is 7.57. The minimum atomic E-state index is -0.306. The van der Waals surface area contributed by atoms with Crippen molar-refractivity contribution in [1.29, 1.82) is 0 Å². The van der Waals surface area contributed by atoms with Crippen LogP contribution in [0.2, 0.25) is 0 Å². The molecule has 0 aliphatic carbocycles. The summed E-state index contributed by atoms with van der Waals surface area (Å²) < 4.78 is 5.75. The highest BCUT2D eigenvalue weighted by molar-refractivity contribution is 8.26. The predicted molar refractivity (Wildman–Crippen MR) is 88.0 cm³/mol. The maximum atomic E-state index is 12.3. The number of thioether (sulfide) groups is 1. The van der Waals surface area contributed by atoms with E-state index in [1.807, 2.05) is 6.92 Å². The second-order valence-corrected chi connectivity index (χ2v) is 6.32. The molecule has 0 unspecified atom stereocenters. The van der Waals surface area contributed by atoms with Crippen LogP contribution in [0.5, 0.6) is 0 Å². The van der Waals surface area contributed by atoms with E-state index in [4.69, 9.17) is 21.7 Å². The molecule has 0 atom stereocenters. The van der Waals surface area contributed by atoms with Gasteiger partial charge in [0, 0.05) is 19.2 Å². The molecule has 2 N–H and O–H groups in total. The highest BCUT2D eigenvalue weighted by Gasteiger charge is 2.33. The zero-order chi connectivity index (χ0) is 16.1. The zero-order valence-electron chi connectivity index (χ0n) is 12.0. The lowest BCUT2D eigenvalue weighted by Gasteiger charge is -2.13. The molecule has 1 aromatic rings. The zero-order valence-corrected chi connectivity index (χ0v) is 13.6. The Morgan fingerprint density at radius 3 is 2.95 bits per heavy atom. The van der Waals surface area contributed by atoms with Crippen LogP contribution in [0.25, 0.3) is 6.08 Å². The first-order valence-corrected chi connectivity index (χ1v) is 7.93. The number of aliphatic hydroxyl groups excluding tert-OH is 1. The number of rotatable bonds is 6. The summed E-state index contributed by atoms with van der Waals surface area (Å²) in [5, 5.41) is 11.3. The summed E-state index contributed by atoms with van der Waals surface area (Å²) in [6, 6.07) is 3.57. The number of hydrogen-bond acceptors (Lipinski definition) is 6. The topological polar surface area (TPSA) is 82.8 Å². The molecule has 0 radical (unpaired) electrons. The summed E-state index contributed by atoms with van der Waals surface area (Å²) in [5.41, 5.74) is 0. The predicted octanol–water partition coefficient (Wildman–Crippen LogP) is 1.29.